The van der Waals surface area contributed by atoms with E-state index in [1.165, 1.54) is 24.6 Å². The van der Waals surface area contributed by atoms with Crippen LogP contribution in [0.4, 0.5) is 10.7 Å². The van der Waals surface area contributed by atoms with E-state index in [0.29, 0.717) is 23.6 Å². The van der Waals surface area contributed by atoms with Crippen molar-refractivity contribution in [1.29, 1.82) is 0 Å². The number of ether oxygens (including phenoxy) is 1. The van der Waals surface area contributed by atoms with E-state index in [1.54, 1.807) is 0 Å². The second-order valence-corrected chi connectivity index (χ2v) is 5.77. The third-order valence-corrected chi connectivity index (χ3v) is 3.68. The quantitative estimate of drug-likeness (QED) is 0.680. The summed E-state index contributed by atoms with van der Waals surface area (Å²) in [5.74, 6) is 1.64. The molecule has 1 heterocycles. The Balaban J connectivity index is 2.31. The van der Waals surface area contributed by atoms with Gasteiger partial charge in [-0.15, -0.1) is 5.10 Å². The number of amides is 1. The van der Waals surface area contributed by atoms with Gasteiger partial charge < -0.3 is 4.74 Å². The maximum atomic E-state index is 11.6. The predicted molar refractivity (Wildman–Crippen MR) is 81.1 cm³/mol. The average molecular weight is 300 g/mol. The molecule has 6 nitrogen and oxygen atoms in total. The molecule has 0 aliphatic carbocycles. The van der Waals surface area contributed by atoms with E-state index in [2.05, 4.69) is 34.3 Å². The number of H-pyrrole nitrogens is 1. The van der Waals surface area contributed by atoms with E-state index >= 15 is 0 Å². The van der Waals surface area contributed by atoms with Crippen LogP contribution >= 0.6 is 11.8 Å². The Hall–Kier alpha value is -1.24. The molecule has 1 aromatic rings. The smallest absolute Gasteiger partial charge is 0.414 e. The van der Waals surface area contributed by atoms with Gasteiger partial charge in [0.15, 0.2) is 0 Å². The van der Waals surface area contributed by atoms with Crippen molar-refractivity contribution < 1.29 is 9.53 Å². The molecule has 0 aromatic carbocycles. The molecule has 7 heteroatoms. The Morgan fingerprint density at radius 3 is 2.90 bits per heavy atom. The zero-order valence-corrected chi connectivity index (χ0v) is 13.3. The lowest BCUT2D eigenvalue weighted by Crippen LogP contribution is -2.19. The fraction of sp³-hybridized carbons (Fsp3) is 0.769. The van der Waals surface area contributed by atoms with Crippen molar-refractivity contribution in [2.45, 2.75) is 51.6 Å². The largest absolute Gasteiger partial charge is 0.449 e. The van der Waals surface area contributed by atoms with E-state index in [9.17, 15) is 4.79 Å². The normalized spacial score (nSPS) is 12.2. The molecule has 0 fully saturated rings. The average Bonchev–Trinajstić information content (AvgIpc) is 2.87. The van der Waals surface area contributed by atoms with Gasteiger partial charge in [-0.25, -0.2) is 9.89 Å². The molecule has 114 valence electrons. The van der Waals surface area contributed by atoms with Crippen LogP contribution in [0.25, 0.3) is 0 Å². The van der Waals surface area contributed by atoms with Gasteiger partial charge in [-0.1, -0.05) is 51.8 Å². The molecule has 0 radical (unpaired) electrons. The highest BCUT2D eigenvalue weighted by Crippen LogP contribution is 2.14. The number of rotatable bonds is 9. The van der Waals surface area contributed by atoms with Gasteiger partial charge in [0.1, 0.15) is 0 Å². The number of nitrogens with one attached hydrogen (secondary N) is 2. The predicted octanol–water partition coefficient (Wildman–Crippen LogP) is 3.68. The van der Waals surface area contributed by atoms with Crippen molar-refractivity contribution in [3.05, 3.63) is 0 Å². The first-order valence-corrected chi connectivity index (χ1v) is 8.17. The number of anilines is 1. The van der Waals surface area contributed by atoms with E-state index in [4.69, 9.17) is 4.74 Å². The van der Waals surface area contributed by atoms with Crippen LogP contribution in [0.3, 0.4) is 0 Å². The fourth-order valence-electron chi connectivity index (χ4n) is 1.72. The summed E-state index contributed by atoms with van der Waals surface area (Å²) in [6.45, 7) is 6.75. The number of carbonyl (C=O) groups excluding carboxylic acids is 1. The molecule has 1 amide bonds. The van der Waals surface area contributed by atoms with Crippen LogP contribution in [0.15, 0.2) is 5.16 Å². The molecule has 1 unspecified atom stereocenters. The fourth-order valence-corrected chi connectivity index (χ4v) is 2.24. The van der Waals surface area contributed by atoms with E-state index in [0.717, 1.165) is 18.6 Å². The molecule has 0 aliphatic rings. The van der Waals surface area contributed by atoms with Gasteiger partial charge >= 0.3 is 6.09 Å². The van der Waals surface area contributed by atoms with E-state index in [-0.39, 0.29) is 0 Å². The Morgan fingerprint density at radius 2 is 2.25 bits per heavy atom. The Morgan fingerprint density at radius 1 is 1.45 bits per heavy atom. The van der Waals surface area contributed by atoms with Crippen molar-refractivity contribution >= 4 is 23.8 Å². The number of hydrogen-bond donors (Lipinski definition) is 2. The summed E-state index contributed by atoms with van der Waals surface area (Å²) >= 11 is 1.51. The first kappa shape index (κ1) is 16.8. The van der Waals surface area contributed by atoms with Gasteiger partial charge in [-0.3, -0.25) is 5.32 Å². The summed E-state index contributed by atoms with van der Waals surface area (Å²) in [5.41, 5.74) is 0. The molecule has 0 aliphatic heterocycles. The highest BCUT2D eigenvalue weighted by Gasteiger charge is 2.11. The van der Waals surface area contributed by atoms with Gasteiger partial charge in [0.25, 0.3) is 0 Å². The number of nitrogens with zero attached hydrogens (tertiary/aromatic N) is 2. The molecular formula is C13H24N4O2S. The summed E-state index contributed by atoms with van der Waals surface area (Å²) in [5, 5.41) is 9.81. The molecule has 0 saturated carbocycles. The summed E-state index contributed by atoms with van der Waals surface area (Å²) < 4.78 is 5.22. The van der Waals surface area contributed by atoms with E-state index in [1.807, 2.05) is 6.92 Å². The number of thioether (sulfide) groups is 1. The summed E-state index contributed by atoms with van der Waals surface area (Å²) in [6.07, 6.45) is 3.97. The van der Waals surface area contributed by atoms with Crippen LogP contribution < -0.4 is 5.32 Å². The van der Waals surface area contributed by atoms with Crippen LogP contribution in [0.1, 0.15) is 46.5 Å². The minimum absolute atomic E-state index is 0.326. The maximum absolute atomic E-state index is 11.6. The van der Waals surface area contributed by atoms with Gasteiger partial charge in [0, 0.05) is 0 Å². The molecule has 1 rings (SSSR count). The minimum Gasteiger partial charge on any atom is -0.449 e. The van der Waals surface area contributed by atoms with Crippen LogP contribution in [0, 0.1) is 5.92 Å². The lowest BCUT2D eigenvalue weighted by molar-refractivity contribution is 0.136. The second kappa shape index (κ2) is 9.63. The standard InChI is InChI=1S/C13H24N4O2S/c1-4-7-8-10(5-2)9-19-13(18)15-11-14-12(17-16-11)20-6-3/h10H,4-9H2,1-3H3,(H2,14,15,16,17,18). The SMILES string of the molecule is CCCCC(CC)COC(=O)Nc1nc(SCC)n[nH]1. The van der Waals surface area contributed by atoms with Crippen LogP contribution in [0.5, 0.6) is 0 Å². The molecular weight excluding hydrogens is 276 g/mol. The Labute approximate surface area is 124 Å². The van der Waals surface area contributed by atoms with Crippen LogP contribution in [-0.2, 0) is 4.74 Å². The van der Waals surface area contributed by atoms with Gasteiger partial charge in [0.05, 0.1) is 6.61 Å². The molecule has 1 aromatic heterocycles. The highest BCUT2D eigenvalue weighted by atomic mass is 32.2. The second-order valence-electron chi connectivity index (χ2n) is 4.54. The minimum atomic E-state index is -0.482. The molecule has 0 spiro atoms. The lowest BCUT2D eigenvalue weighted by Gasteiger charge is -2.14. The molecule has 2 N–H and O–H groups in total. The van der Waals surface area contributed by atoms with Gasteiger partial charge in [-0.05, 0) is 18.1 Å². The monoisotopic (exact) mass is 300 g/mol. The van der Waals surface area contributed by atoms with Crippen LogP contribution in [0.2, 0.25) is 0 Å². The molecule has 0 saturated heterocycles. The summed E-state index contributed by atoms with van der Waals surface area (Å²) in [4.78, 5) is 15.8. The maximum Gasteiger partial charge on any atom is 0.414 e. The first-order valence-electron chi connectivity index (χ1n) is 7.18. The van der Waals surface area contributed by atoms with Crippen molar-refractivity contribution in [2.24, 2.45) is 5.92 Å². The van der Waals surface area contributed by atoms with E-state index < -0.39 is 6.09 Å². The number of aromatic nitrogens is 3. The number of hydrogen-bond acceptors (Lipinski definition) is 5. The molecule has 1 atom stereocenters. The Bertz CT molecular complexity index is 397. The van der Waals surface area contributed by atoms with Gasteiger partial charge in [-0.2, -0.15) is 4.98 Å². The van der Waals surface area contributed by atoms with Crippen molar-refractivity contribution in [3.63, 3.8) is 0 Å². The topological polar surface area (TPSA) is 79.9 Å². The Kier molecular flexibility index (Phi) is 8.10. The summed E-state index contributed by atoms with van der Waals surface area (Å²) in [6, 6.07) is 0. The van der Waals surface area contributed by atoms with Crippen molar-refractivity contribution in [2.75, 3.05) is 17.7 Å². The number of aromatic amines is 1. The number of carbonyl (C=O) groups is 1. The summed E-state index contributed by atoms with van der Waals surface area (Å²) in [7, 11) is 0. The number of unbranched alkanes of at least 4 members (excludes halogenated alkanes) is 1. The molecule has 0 bridgehead atoms. The highest BCUT2D eigenvalue weighted by molar-refractivity contribution is 7.99. The zero-order valence-electron chi connectivity index (χ0n) is 12.4. The van der Waals surface area contributed by atoms with Crippen LogP contribution in [-0.4, -0.2) is 33.6 Å². The van der Waals surface area contributed by atoms with Crippen molar-refractivity contribution in [3.8, 4) is 0 Å². The van der Waals surface area contributed by atoms with Gasteiger partial charge in [0.2, 0.25) is 11.1 Å². The molecule has 20 heavy (non-hydrogen) atoms. The third-order valence-electron chi connectivity index (χ3n) is 2.95. The zero-order chi connectivity index (χ0) is 14.8. The third kappa shape index (κ3) is 6.27. The lowest BCUT2D eigenvalue weighted by atomic mass is 10.0. The van der Waals surface area contributed by atoms with Crippen molar-refractivity contribution in [1.82, 2.24) is 15.2 Å². The first-order chi connectivity index (χ1) is 9.69.